The SMILES string of the molecule is O=C(Nc1cccc(SC(C(=O)Nc2nc(-c3ccccc3)cs2)c2ccccc2)c1)c1ccc2ccccc2c1. The number of hydrogen-bond donors (Lipinski definition) is 2. The van der Waals surface area contributed by atoms with Crippen LogP contribution in [0.2, 0.25) is 0 Å². The number of nitrogens with one attached hydrogen (secondary N) is 2. The molecule has 0 bridgehead atoms. The highest BCUT2D eigenvalue weighted by Gasteiger charge is 2.23. The molecule has 6 aromatic rings. The Balaban J connectivity index is 1.19. The van der Waals surface area contributed by atoms with E-state index in [1.807, 2.05) is 133 Å². The zero-order valence-corrected chi connectivity index (χ0v) is 23.5. The van der Waals surface area contributed by atoms with E-state index in [0.29, 0.717) is 16.4 Å². The predicted octanol–water partition coefficient (Wildman–Crippen LogP) is 8.69. The first-order chi connectivity index (χ1) is 20.1. The summed E-state index contributed by atoms with van der Waals surface area (Å²) in [5, 5.41) is 10.1. The van der Waals surface area contributed by atoms with E-state index in [1.54, 1.807) is 0 Å². The van der Waals surface area contributed by atoms with Gasteiger partial charge < -0.3 is 10.6 Å². The molecular weight excluding hydrogens is 547 g/mol. The van der Waals surface area contributed by atoms with Gasteiger partial charge in [-0.25, -0.2) is 4.98 Å². The first-order valence-corrected chi connectivity index (χ1v) is 14.8. The Morgan fingerprint density at radius 3 is 2.24 bits per heavy atom. The summed E-state index contributed by atoms with van der Waals surface area (Å²) in [6, 6.07) is 40.7. The van der Waals surface area contributed by atoms with Crippen LogP contribution in [0, 0.1) is 0 Å². The molecule has 0 radical (unpaired) electrons. The average Bonchev–Trinajstić information content (AvgIpc) is 3.49. The van der Waals surface area contributed by atoms with E-state index in [1.165, 1.54) is 23.1 Å². The van der Waals surface area contributed by atoms with Gasteiger partial charge in [0.1, 0.15) is 5.25 Å². The Bertz CT molecular complexity index is 1820. The van der Waals surface area contributed by atoms with Gasteiger partial charge in [-0.05, 0) is 46.7 Å². The van der Waals surface area contributed by atoms with Crippen molar-refractivity contribution in [2.75, 3.05) is 10.6 Å². The van der Waals surface area contributed by atoms with Crippen LogP contribution in [0.3, 0.4) is 0 Å². The zero-order valence-electron chi connectivity index (χ0n) is 21.9. The van der Waals surface area contributed by atoms with Crippen LogP contribution in [0.1, 0.15) is 21.2 Å². The Labute approximate surface area is 246 Å². The van der Waals surface area contributed by atoms with Crippen LogP contribution in [0.4, 0.5) is 10.8 Å². The topological polar surface area (TPSA) is 71.1 Å². The molecule has 0 aliphatic carbocycles. The van der Waals surface area contributed by atoms with Crippen LogP contribution >= 0.6 is 23.1 Å². The molecule has 1 atom stereocenters. The molecule has 1 unspecified atom stereocenters. The summed E-state index contributed by atoms with van der Waals surface area (Å²) < 4.78 is 0. The highest BCUT2D eigenvalue weighted by Crippen LogP contribution is 2.38. The summed E-state index contributed by atoms with van der Waals surface area (Å²) in [4.78, 5) is 32.1. The maximum atomic E-state index is 13.6. The Morgan fingerprint density at radius 2 is 1.44 bits per heavy atom. The maximum absolute atomic E-state index is 13.6. The fourth-order valence-corrected chi connectivity index (χ4v) is 6.27. The molecule has 5 nitrogen and oxygen atoms in total. The number of fused-ring (bicyclic) bond motifs is 1. The van der Waals surface area contributed by atoms with Gasteiger partial charge in [0, 0.05) is 27.1 Å². The van der Waals surface area contributed by atoms with Gasteiger partial charge >= 0.3 is 0 Å². The average molecular weight is 572 g/mol. The summed E-state index contributed by atoms with van der Waals surface area (Å²) >= 11 is 2.82. The number of rotatable bonds is 8. The fourth-order valence-electron chi connectivity index (χ4n) is 4.46. The van der Waals surface area contributed by atoms with E-state index in [9.17, 15) is 9.59 Å². The van der Waals surface area contributed by atoms with E-state index >= 15 is 0 Å². The molecule has 0 aliphatic heterocycles. The number of thioether (sulfide) groups is 1. The lowest BCUT2D eigenvalue weighted by atomic mass is 10.1. The number of amides is 2. The summed E-state index contributed by atoms with van der Waals surface area (Å²) in [6.07, 6.45) is 0. The number of carbonyl (C=O) groups excluding carboxylic acids is 2. The second kappa shape index (κ2) is 12.2. The molecule has 0 saturated carbocycles. The number of aromatic nitrogens is 1. The smallest absolute Gasteiger partial charge is 0.255 e. The summed E-state index contributed by atoms with van der Waals surface area (Å²) in [5.74, 6) is -0.353. The third kappa shape index (κ3) is 6.38. The molecule has 1 aromatic heterocycles. The summed E-state index contributed by atoms with van der Waals surface area (Å²) in [6.45, 7) is 0. The third-order valence-corrected chi connectivity index (χ3v) is 8.51. The number of carbonyl (C=O) groups is 2. The van der Waals surface area contributed by atoms with Crippen molar-refractivity contribution in [1.29, 1.82) is 0 Å². The van der Waals surface area contributed by atoms with Gasteiger partial charge in [0.15, 0.2) is 5.13 Å². The first-order valence-electron chi connectivity index (χ1n) is 13.1. The molecule has 1 heterocycles. The van der Waals surface area contributed by atoms with Crippen LogP contribution in [0.15, 0.2) is 138 Å². The molecule has 0 fully saturated rings. The molecule has 7 heteroatoms. The van der Waals surface area contributed by atoms with Crippen molar-refractivity contribution in [3.63, 3.8) is 0 Å². The first kappa shape index (κ1) is 26.5. The van der Waals surface area contributed by atoms with E-state index in [4.69, 9.17) is 0 Å². The van der Waals surface area contributed by atoms with Gasteiger partial charge in [-0.15, -0.1) is 23.1 Å². The van der Waals surface area contributed by atoms with Gasteiger partial charge in [-0.1, -0.05) is 97.1 Å². The van der Waals surface area contributed by atoms with Crippen LogP contribution in [0.25, 0.3) is 22.0 Å². The van der Waals surface area contributed by atoms with Crippen LogP contribution < -0.4 is 10.6 Å². The highest BCUT2D eigenvalue weighted by atomic mass is 32.2. The maximum Gasteiger partial charge on any atom is 0.255 e. The third-order valence-electron chi connectivity index (χ3n) is 6.50. The minimum atomic E-state index is -0.522. The Kier molecular flexibility index (Phi) is 7.89. The number of thiazole rings is 1. The van der Waals surface area contributed by atoms with E-state index in [-0.39, 0.29) is 11.8 Å². The van der Waals surface area contributed by atoms with E-state index < -0.39 is 5.25 Å². The van der Waals surface area contributed by atoms with Crippen LogP contribution in [-0.2, 0) is 4.79 Å². The molecule has 0 spiro atoms. The molecule has 200 valence electrons. The fraction of sp³-hybridized carbons (Fsp3) is 0.0294. The van der Waals surface area contributed by atoms with Crippen molar-refractivity contribution in [1.82, 2.24) is 4.98 Å². The van der Waals surface area contributed by atoms with Gasteiger partial charge in [-0.3, -0.25) is 9.59 Å². The van der Waals surface area contributed by atoms with Crippen LogP contribution in [-0.4, -0.2) is 16.8 Å². The van der Waals surface area contributed by atoms with Gasteiger partial charge in [0.05, 0.1) is 5.69 Å². The quantitative estimate of drug-likeness (QED) is 0.179. The summed E-state index contributed by atoms with van der Waals surface area (Å²) in [7, 11) is 0. The van der Waals surface area contributed by atoms with E-state index in [0.717, 1.165) is 32.5 Å². The molecule has 41 heavy (non-hydrogen) atoms. The van der Waals surface area contributed by atoms with E-state index in [2.05, 4.69) is 15.6 Å². The second-order valence-electron chi connectivity index (χ2n) is 9.35. The molecule has 0 saturated heterocycles. The van der Waals surface area contributed by atoms with Crippen molar-refractivity contribution in [3.8, 4) is 11.3 Å². The minimum absolute atomic E-state index is 0.166. The van der Waals surface area contributed by atoms with Crippen molar-refractivity contribution in [3.05, 3.63) is 144 Å². The Hall–Kier alpha value is -4.72. The van der Waals surface area contributed by atoms with Crippen molar-refractivity contribution < 1.29 is 9.59 Å². The molecule has 2 N–H and O–H groups in total. The monoisotopic (exact) mass is 571 g/mol. The highest BCUT2D eigenvalue weighted by molar-refractivity contribution is 8.00. The van der Waals surface area contributed by atoms with Crippen LogP contribution in [0.5, 0.6) is 0 Å². The molecule has 5 aromatic carbocycles. The van der Waals surface area contributed by atoms with Gasteiger partial charge in [-0.2, -0.15) is 0 Å². The Morgan fingerprint density at radius 1 is 0.707 bits per heavy atom. The summed E-state index contributed by atoms with van der Waals surface area (Å²) in [5.41, 5.74) is 3.94. The van der Waals surface area contributed by atoms with Crippen molar-refractivity contribution >= 4 is 56.5 Å². The van der Waals surface area contributed by atoms with Gasteiger partial charge in [0.25, 0.3) is 5.91 Å². The standard InChI is InChI=1S/C34H25N3O2S2/c38-32(27-19-18-23-10-7-8-15-26(23)20-27)35-28-16-9-17-29(21-28)41-31(25-13-5-2-6-14-25)33(39)37-34-36-30(22-40-34)24-11-3-1-4-12-24/h1-22,31H,(H,35,38)(H,36,37,39). The number of hydrogen-bond acceptors (Lipinski definition) is 5. The lowest BCUT2D eigenvalue weighted by Gasteiger charge is -2.17. The van der Waals surface area contributed by atoms with Gasteiger partial charge in [0.2, 0.25) is 5.91 Å². The normalized spacial score (nSPS) is 11.6. The number of benzene rings is 5. The predicted molar refractivity (Wildman–Crippen MR) is 170 cm³/mol. The minimum Gasteiger partial charge on any atom is -0.322 e. The molecule has 6 rings (SSSR count). The largest absolute Gasteiger partial charge is 0.322 e. The number of nitrogens with zero attached hydrogens (tertiary/aromatic N) is 1. The molecular formula is C34H25N3O2S2. The number of anilines is 2. The molecule has 2 amide bonds. The lowest BCUT2D eigenvalue weighted by Crippen LogP contribution is -2.19. The van der Waals surface area contributed by atoms with Crippen molar-refractivity contribution in [2.45, 2.75) is 10.1 Å². The molecule has 0 aliphatic rings. The van der Waals surface area contributed by atoms with Crippen molar-refractivity contribution in [2.24, 2.45) is 0 Å². The lowest BCUT2D eigenvalue weighted by molar-refractivity contribution is -0.115. The zero-order chi connectivity index (χ0) is 28.0. The second-order valence-corrected chi connectivity index (χ2v) is 11.4.